The van der Waals surface area contributed by atoms with Crippen LogP contribution in [-0.2, 0) is 0 Å². The second-order valence-corrected chi connectivity index (χ2v) is 6.07. The lowest BCUT2D eigenvalue weighted by Gasteiger charge is -2.35. The Bertz CT molecular complexity index is 409. The van der Waals surface area contributed by atoms with Gasteiger partial charge >= 0.3 is 0 Å². The summed E-state index contributed by atoms with van der Waals surface area (Å²) in [6.07, 6.45) is 3.65. The van der Waals surface area contributed by atoms with Crippen LogP contribution < -0.4 is 5.73 Å². The minimum atomic E-state index is 0.295. The lowest BCUT2D eigenvalue weighted by molar-refractivity contribution is 0.166. The van der Waals surface area contributed by atoms with Crippen LogP contribution in [0.1, 0.15) is 37.8 Å². The highest BCUT2D eigenvalue weighted by molar-refractivity contribution is 6.33. The molecule has 2 unspecified atom stereocenters. The topological polar surface area (TPSA) is 29.3 Å². The fourth-order valence-corrected chi connectivity index (χ4v) is 3.52. The van der Waals surface area contributed by atoms with E-state index in [4.69, 9.17) is 28.9 Å². The maximum absolute atomic E-state index is 6.40. The van der Waals surface area contributed by atoms with E-state index in [1.54, 1.807) is 0 Å². The number of hydrogen-bond acceptors (Lipinski definition) is 2. The predicted octanol–water partition coefficient (Wildman–Crippen LogP) is 4.12. The quantitative estimate of drug-likeness (QED) is 0.910. The minimum Gasteiger partial charge on any atom is -0.330 e. The Morgan fingerprint density at radius 1 is 1.32 bits per heavy atom. The van der Waals surface area contributed by atoms with Gasteiger partial charge in [-0.2, -0.15) is 0 Å². The fraction of sp³-hybridized carbons (Fsp3) is 0.600. The molecule has 0 radical (unpaired) electrons. The molecule has 4 heteroatoms. The lowest BCUT2D eigenvalue weighted by atomic mass is 9.89. The van der Waals surface area contributed by atoms with Gasteiger partial charge < -0.3 is 5.73 Å². The molecule has 0 aliphatic carbocycles. The highest BCUT2D eigenvalue weighted by atomic mass is 35.5. The summed E-state index contributed by atoms with van der Waals surface area (Å²) in [5, 5.41) is 1.55. The maximum atomic E-state index is 6.40. The molecular weight excluding hydrogens is 279 g/mol. The lowest BCUT2D eigenvalue weighted by Crippen LogP contribution is -2.35. The molecule has 1 fully saturated rings. The van der Waals surface area contributed by atoms with Crippen molar-refractivity contribution in [3.63, 3.8) is 0 Å². The first-order chi connectivity index (χ1) is 9.17. The van der Waals surface area contributed by atoms with Crippen LogP contribution in [0.25, 0.3) is 0 Å². The van der Waals surface area contributed by atoms with Gasteiger partial charge in [0.15, 0.2) is 0 Å². The van der Waals surface area contributed by atoms with Crippen LogP contribution in [0.15, 0.2) is 18.2 Å². The SMILES string of the molecule is CCN1CCCCC(CN)C1c1cc(Cl)ccc1Cl. The number of nitrogens with two attached hydrogens (primary N) is 1. The van der Waals surface area contributed by atoms with Crippen molar-refractivity contribution in [3.05, 3.63) is 33.8 Å². The molecule has 19 heavy (non-hydrogen) atoms. The Labute approximate surface area is 125 Å². The van der Waals surface area contributed by atoms with Gasteiger partial charge in [0.2, 0.25) is 0 Å². The molecule has 2 N–H and O–H groups in total. The van der Waals surface area contributed by atoms with Gasteiger partial charge in [-0.3, -0.25) is 4.90 Å². The zero-order valence-corrected chi connectivity index (χ0v) is 12.9. The second kappa shape index (κ2) is 6.94. The number of halogens is 2. The van der Waals surface area contributed by atoms with Gasteiger partial charge in [-0.05, 0) is 62.2 Å². The molecule has 1 aromatic carbocycles. The summed E-state index contributed by atoms with van der Waals surface area (Å²) in [5.74, 6) is 0.457. The Balaban J connectivity index is 2.41. The summed E-state index contributed by atoms with van der Waals surface area (Å²) >= 11 is 12.6. The molecule has 2 rings (SSSR count). The van der Waals surface area contributed by atoms with Gasteiger partial charge in [-0.25, -0.2) is 0 Å². The normalized spacial score (nSPS) is 25.3. The molecule has 0 amide bonds. The number of rotatable bonds is 3. The van der Waals surface area contributed by atoms with E-state index < -0.39 is 0 Å². The molecule has 2 nitrogen and oxygen atoms in total. The molecule has 106 valence electrons. The molecule has 1 aliphatic rings. The third-order valence-corrected chi connectivity index (χ3v) is 4.68. The van der Waals surface area contributed by atoms with E-state index in [-0.39, 0.29) is 0 Å². The summed E-state index contributed by atoms with van der Waals surface area (Å²) in [6, 6.07) is 6.04. The first kappa shape index (κ1) is 15.1. The first-order valence-corrected chi connectivity index (χ1v) is 7.82. The number of likely N-dealkylation sites (tertiary alicyclic amines) is 1. The van der Waals surface area contributed by atoms with E-state index in [0.717, 1.165) is 28.7 Å². The van der Waals surface area contributed by atoms with Crippen molar-refractivity contribution in [2.45, 2.75) is 32.2 Å². The van der Waals surface area contributed by atoms with Crippen molar-refractivity contribution in [1.29, 1.82) is 0 Å². The minimum absolute atomic E-state index is 0.295. The average Bonchev–Trinajstić information content (AvgIpc) is 2.63. The Morgan fingerprint density at radius 3 is 2.79 bits per heavy atom. The number of benzene rings is 1. The van der Waals surface area contributed by atoms with Crippen LogP contribution in [-0.4, -0.2) is 24.5 Å². The summed E-state index contributed by atoms with van der Waals surface area (Å²) in [7, 11) is 0. The van der Waals surface area contributed by atoms with Gasteiger partial charge in [0.05, 0.1) is 0 Å². The molecule has 1 heterocycles. The van der Waals surface area contributed by atoms with Crippen LogP contribution in [0.4, 0.5) is 0 Å². The van der Waals surface area contributed by atoms with Crippen LogP contribution >= 0.6 is 23.2 Å². The van der Waals surface area contributed by atoms with Crippen molar-refractivity contribution >= 4 is 23.2 Å². The Morgan fingerprint density at radius 2 is 2.11 bits per heavy atom. The van der Waals surface area contributed by atoms with E-state index in [9.17, 15) is 0 Å². The smallest absolute Gasteiger partial charge is 0.0455 e. The van der Waals surface area contributed by atoms with Gasteiger partial charge in [0, 0.05) is 16.1 Å². The molecule has 2 atom stereocenters. The van der Waals surface area contributed by atoms with E-state index in [2.05, 4.69) is 11.8 Å². The van der Waals surface area contributed by atoms with Gasteiger partial charge in [0.25, 0.3) is 0 Å². The summed E-state index contributed by atoms with van der Waals surface area (Å²) in [4.78, 5) is 2.49. The van der Waals surface area contributed by atoms with Gasteiger partial charge in [-0.1, -0.05) is 36.5 Å². The largest absolute Gasteiger partial charge is 0.330 e. The third-order valence-electron chi connectivity index (χ3n) is 4.10. The monoisotopic (exact) mass is 300 g/mol. The number of nitrogens with zero attached hydrogens (tertiary/aromatic N) is 1. The first-order valence-electron chi connectivity index (χ1n) is 7.06. The molecule has 0 aromatic heterocycles. The van der Waals surface area contributed by atoms with E-state index in [1.165, 1.54) is 19.3 Å². The second-order valence-electron chi connectivity index (χ2n) is 5.23. The van der Waals surface area contributed by atoms with Crippen molar-refractivity contribution in [3.8, 4) is 0 Å². The van der Waals surface area contributed by atoms with E-state index in [0.29, 0.717) is 18.5 Å². The molecule has 1 aliphatic heterocycles. The zero-order valence-electron chi connectivity index (χ0n) is 11.4. The van der Waals surface area contributed by atoms with E-state index in [1.807, 2.05) is 18.2 Å². The average molecular weight is 301 g/mol. The molecule has 1 aromatic rings. The van der Waals surface area contributed by atoms with Crippen LogP contribution in [0, 0.1) is 5.92 Å². The summed E-state index contributed by atoms with van der Waals surface area (Å²) in [6.45, 7) is 5.03. The zero-order chi connectivity index (χ0) is 13.8. The molecule has 0 saturated carbocycles. The van der Waals surface area contributed by atoms with Crippen molar-refractivity contribution in [2.24, 2.45) is 11.7 Å². The molecule has 0 spiro atoms. The van der Waals surface area contributed by atoms with Crippen molar-refractivity contribution < 1.29 is 0 Å². The Hall–Kier alpha value is -0.280. The predicted molar refractivity (Wildman–Crippen MR) is 82.8 cm³/mol. The van der Waals surface area contributed by atoms with Crippen LogP contribution in [0.5, 0.6) is 0 Å². The molecule has 0 bridgehead atoms. The van der Waals surface area contributed by atoms with E-state index >= 15 is 0 Å². The third kappa shape index (κ3) is 3.43. The summed E-state index contributed by atoms with van der Waals surface area (Å²) in [5.41, 5.74) is 7.14. The van der Waals surface area contributed by atoms with Crippen molar-refractivity contribution in [1.82, 2.24) is 4.90 Å². The molecular formula is C15H22Cl2N2. The van der Waals surface area contributed by atoms with Crippen LogP contribution in [0.2, 0.25) is 10.0 Å². The highest BCUT2D eigenvalue weighted by Crippen LogP contribution is 2.38. The standard InChI is InChI=1S/C15H22Cl2N2/c1-2-19-8-4-3-5-11(10-18)15(19)13-9-12(16)6-7-14(13)17/h6-7,9,11,15H,2-5,8,10,18H2,1H3. The molecule has 1 saturated heterocycles. The number of hydrogen-bond donors (Lipinski definition) is 1. The van der Waals surface area contributed by atoms with Crippen molar-refractivity contribution in [2.75, 3.05) is 19.6 Å². The van der Waals surface area contributed by atoms with Gasteiger partial charge in [-0.15, -0.1) is 0 Å². The van der Waals surface area contributed by atoms with Crippen LogP contribution in [0.3, 0.4) is 0 Å². The Kier molecular flexibility index (Phi) is 5.52. The van der Waals surface area contributed by atoms with Gasteiger partial charge in [0.1, 0.15) is 0 Å². The summed E-state index contributed by atoms with van der Waals surface area (Å²) < 4.78 is 0. The fourth-order valence-electron chi connectivity index (χ4n) is 3.11. The maximum Gasteiger partial charge on any atom is 0.0455 e. The highest BCUT2D eigenvalue weighted by Gasteiger charge is 2.30.